The van der Waals surface area contributed by atoms with E-state index in [2.05, 4.69) is 9.80 Å². The molecule has 6 heteroatoms. The highest BCUT2D eigenvalue weighted by molar-refractivity contribution is 5.48. The third kappa shape index (κ3) is 2.81. The Bertz CT molecular complexity index is 823. The maximum absolute atomic E-state index is 12.5. The molecule has 164 valence electrons. The number of aliphatic hydroxyl groups is 2. The third-order valence-corrected chi connectivity index (χ3v) is 8.90. The molecule has 5 atom stereocenters. The van der Waals surface area contributed by atoms with Crippen LogP contribution in [-0.4, -0.2) is 88.3 Å². The van der Waals surface area contributed by atoms with Crippen LogP contribution in [0.15, 0.2) is 18.2 Å². The molecule has 1 aromatic carbocycles. The smallest absolute Gasteiger partial charge is 0.115 e. The lowest BCUT2D eigenvalue weighted by Gasteiger charge is -2.66. The topological polar surface area (TPSA) is 76.4 Å². The molecular weight excluding hydrogens is 380 g/mol. The van der Waals surface area contributed by atoms with Crippen molar-refractivity contribution in [2.24, 2.45) is 5.92 Å². The van der Waals surface area contributed by atoms with Crippen LogP contribution in [0.3, 0.4) is 0 Å². The second-order valence-corrected chi connectivity index (χ2v) is 10.4. The van der Waals surface area contributed by atoms with E-state index >= 15 is 0 Å². The summed E-state index contributed by atoms with van der Waals surface area (Å²) in [6.07, 6.45) is 4.97. The van der Waals surface area contributed by atoms with Gasteiger partial charge in [0.25, 0.3) is 0 Å². The molecule has 5 unspecified atom stereocenters. The Labute approximate surface area is 178 Å². The molecule has 3 N–H and O–H groups in total. The zero-order valence-electron chi connectivity index (χ0n) is 17.7. The lowest BCUT2D eigenvalue weighted by molar-refractivity contribution is -0.204. The number of hydrogen-bond acceptors (Lipinski definition) is 6. The molecule has 2 saturated heterocycles. The van der Waals surface area contributed by atoms with Crippen molar-refractivity contribution in [1.82, 2.24) is 9.80 Å². The molecule has 2 saturated carbocycles. The first-order valence-corrected chi connectivity index (χ1v) is 11.8. The normalized spacial score (nSPS) is 41.9. The largest absolute Gasteiger partial charge is 0.508 e. The van der Waals surface area contributed by atoms with Crippen LogP contribution in [0.5, 0.6) is 5.75 Å². The molecule has 2 bridgehead atoms. The van der Waals surface area contributed by atoms with E-state index in [-0.39, 0.29) is 17.8 Å². The fraction of sp³-hybridized carbons (Fsp3) is 0.750. The Morgan fingerprint density at radius 3 is 2.67 bits per heavy atom. The Hall–Kier alpha value is -1.18. The molecule has 6 rings (SSSR count). The van der Waals surface area contributed by atoms with Crippen LogP contribution in [0, 0.1) is 5.92 Å². The van der Waals surface area contributed by atoms with Gasteiger partial charge in [0.05, 0.1) is 24.9 Å². The second-order valence-electron chi connectivity index (χ2n) is 10.4. The van der Waals surface area contributed by atoms with Gasteiger partial charge >= 0.3 is 0 Å². The molecule has 0 aromatic heterocycles. The van der Waals surface area contributed by atoms with Gasteiger partial charge in [0.15, 0.2) is 0 Å². The molecule has 2 heterocycles. The summed E-state index contributed by atoms with van der Waals surface area (Å²) in [5.41, 5.74) is 0.946. The van der Waals surface area contributed by atoms with E-state index in [0.717, 1.165) is 50.5 Å². The quantitative estimate of drug-likeness (QED) is 0.691. The van der Waals surface area contributed by atoms with Crippen LogP contribution in [0.2, 0.25) is 0 Å². The second kappa shape index (κ2) is 6.91. The molecule has 30 heavy (non-hydrogen) atoms. The number of benzene rings is 1. The summed E-state index contributed by atoms with van der Waals surface area (Å²) in [5, 5.41) is 34.1. The van der Waals surface area contributed by atoms with Crippen LogP contribution in [0.1, 0.15) is 43.2 Å². The number of ether oxygens (including phenoxy) is 1. The molecule has 0 radical (unpaired) electrons. The average Bonchev–Trinajstić information content (AvgIpc) is 3.55. The number of likely N-dealkylation sites (tertiary alicyclic amines) is 1. The van der Waals surface area contributed by atoms with E-state index < -0.39 is 17.1 Å². The zero-order chi connectivity index (χ0) is 20.5. The van der Waals surface area contributed by atoms with Crippen molar-refractivity contribution in [3.8, 4) is 5.75 Å². The number of phenols is 1. The van der Waals surface area contributed by atoms with Gasteiger partial charge in [-0.25, -0.2) is 0 Å². The standard InChI is InChI=1S/C24H34N2O4/c27-18-4-3-17-11-22-24(29)13-20(25-7-9-30-10-8-25)21(28)14-23(24,19(17)12-18)5-6-26(22)15-16-1-2-16/h3-4,12,16,20-22,27-29H,1-2,5-11,13-15H2. The zero-order valence-corrected chi connectivity index (χ0v) is 17.7. The molecule has 4 fully saturated rings. The highest BCUT2D eigenvalue weighted by Gasteiger charge is 2.66. The molecule has 0 amide bonds. The Morgan fingerprint density at radius 1 is 1.10 bits per heavy atom. The molecule has 5 aliphatic rings. The van der Waals surface area contributed by atoms with E-state index in [4.69, 9.17) is 4.74 Å². The molecule has 0 spiro atoms. The lowest BCUT2D eigenvalue weighted by atomic mass is 9.48. The van der Waals surface area contributed by atoms with Crippen molar-refractivity contribution in [2.75, 3.05) is 39.4 Å². The third-order valence-electron chi connectivity index (χ3n) is 8.90. The predicted octanol–water partition coefficient (Wildman–Crippen LogP) is 1.26. The number of rotatable bonds is 3. The lowest BCUT2D eigenvalue weighted by Crippen LogP contribution is -2.76. The minimum Gasteiger partial charge on any atom is -0.508 e. The van der Waals surface area contributed by atoms with E-state index in [1.54, 1.807) is 6.07 Å². The number of phenolic OH excluding ortho intramolecular Hbond substituents is 1. The highest BCUT2D eigenvalue weighted by Crippen LogP contribution is 2.59. The van der Waals surface area contributed by atoms with Gasteiger partial charge in [0, 0.05) is 37.1 Å². The number of fused-ring (bicyclic) bond motifs is 1. The summed E-state index contributed by atoms with van der Waals surface area (Å²) >= 11 is 0. The predicted molar refractivity (Wildman–Crippen MR) is 113 cm³/mol. The van der Waals surface area contributed by atoms with Crippen molar-refractivity contribution < 1.29 is 20.1 Å². The molecule has 6 nitrogen and oxygen atoms in total. The van der Waals surface area contributed by atoms with Crippen molar-refractivity contribution in [3.63, 3.8) is 0 Å². The van der Waals surface area contributed by atoms with Crippen molar-refractivity contribution in [2.45, 2.75) is 67.7 Å². The molecular formula is C24H34N2O4. The van der Waals surface area contributed by atoms with Gasteiger partial charge in [-0.3, -0.25) is 9.80 Å². The number of morpholine rings is 1. The van der Waals surface area contributed by atoms with Gasteiger partial charge in [-0.15, -0.1) is 0 Å². The summed E-state index contributed by atoms with van der Waals surface area (Å²) in [4.78, 5) is 4.89. The van der Waals surface area contributed by atoms with Crippen LogP contribution in [0.4, 0.5) is 0 Å². The van der Waals surface area contributed by atoms with Crippen molar-refractivity contribution >= 4 is 0 Å². The summed E-state index contributed by atoms with van der Waals surface area (Å²) < 4.78 is 5.54. The molecule has 3 aliphatic carbocycles. The Kier molecular flexibility index (Phi) is 4.49. The van der Waals surface area contributed by atoms with E-state index in [9.17, 15) is 15.3 Å². The van der Waals surface area contributed by atoms with Gasteiger partial charge in [0.2, 0.25) is 0 Å². The molecule has 1 aromatic rings. The van der Waals surface area contributed by atoms with Gasteiger partial charge in [-0.1, -0.05) is 6.07 Å². The minimum absolute atomic E-state index is 0.0331. The fourth-order valence-corrected chi connectivity index (χ4v) is 7.19. The Balaban J connectivity index is 1.42. The minimum atomic E-state index is -0.886. The first-order chi connectivity index (χ1) is 14.5. The average molecular weight is 415 g/mol. The van der Waals surface area contributed by atoms with Crippen LogP contribution in [0.25, 0.3) is 0 Å². The number of nitrogens with zero attached hydrogens (tertiary/aromatic N) is 2. The summed E-state index contributed by atoms with van der Waals surface area (Å²) in [5.74, 6) is 1.04. The monoisotopic (exact) mass is 414 g/mol. The highest BCUT2D eigenvalue weighted by atomic mass is 16.5. The first kappa shape index (κ1) is 19.5. The Morgan fingerprint density at radius 2 is 1.90 bits per heavy atom. The van der Waals surface area contributed by atoms with Crippen molar-refractivity contribution in [1.29, 1.82) is 0 Å². The molecule has 2 aliphatic heterocycles. The number of piperidine rings is 1. The van der Waals surface area contributed by atoms with Gasteiger partial charge in [-0.05, 0) is 74.2 Å². The van der Waals surface area contributed by atoms with E-state index in [0.29, 0.717) is 26.1 Å². The summed E-state index contributed by atoms with van der Waals surface area (Å²) in [7, 11) is 0. The fourth-order valence-electron chi connectivity index (χ4n) is 7.19. The number of hydrogen-bond donors (Lipinski definition) is 3. The van der Waals surface area contributed by atoms with Crippen LogP contribution >= 0.6 is 0 Å². The van der Waals surface area contributed by atoms with Crippen molar-refractivity contribution in [3.05, 3.63) is 29.3 Å². The summed E-state index contributed by atoms with van der Waals surface area (Å²) in [6.45, 7) is 5.08. The number of aromatic hydroxyl groups is 1. The first-order valence-electron chi connectivity index (χ1n) is 11.8. The van der Waals surface area contributed by atoms with E-state index in [1.165, 1.54) is 18.4 Å². The summed E-state index contributed by atoms with van der Waals surface area (Å²) in [6, 6.07) is 5.74. The maximum atomic E-state index is 12.5. The van der Waals surface area contributed by atoms with Gasteiger partial charge < -0.3 is 20.1 Å². The number of aliphatic hydroxyl groups excluding tert-OH is 1. The van der Waals surface area contributed by atoms with E-state index in [1.807, 2.05) is 12.1 Å². The van der Waals surface area contributed by atoms with Crippen LogP contribution < -0.4 is 0 Å². The van der Waals surface area contributed by atoms with Gasteiger partial charge in [-0.2, -0.15) is 0 Å². The van der Waals surface area contributed by atoms with Gasteiger partial charge in [0.1, 0.15) is 5.75 Å². The SMILES string of the molecule is Oc1ccc2c(c1)C13CCN(CC4CC4)C(C2)C1(O)CC(N1CCOCC1)C(O)C3. The van der Waals surface area contributed by atoms with Crippen LogP contribution in [-0.2, 0) is 16.6 Å². The maximum Gasteiger partial charge on any atom is 0.115 e.